The zero-order chi connectivity index (χ0) is 16.6. The molecular weight excluding hydrogens is 306 g/mol. The van der Waals surface area contributed by atoms with Gasteiger partial charge in [0.15, 0.2) is 11.6 Å². The molecule has 3 aromatic rings. The third-order valence-corrected chi connectivity index (χ3v) is 3.13. The molecule has 2 aromatic heterocycles. The maximum Gasteiger partial charge on any atom is 0.220 e. The van der Waals surface area contributed by atoms with Crippen LogP contribution in [-0.2, 0) is 0 Å². The summed E-state index contributed by atoms with van der Waals surface area (Å²) < 4.78 is 27.5. The summed E-state index contributed by atoms with van der Waals surface area (Å²) in [6, 6.07) is 6.27. The minimum absolute atomic E-state index is 0.0176. The Morgan fingerprint density at radius 1 is 0.826 bits per heavy atom. The molecule has 0 atom stereocenters. The highest BCUT2D eigenvalue weighted by Gasteiger charge is 2.17. The number of nitrogens with two attached hydrogens (primary N) is 1. The molecule has 0 aliphatic heterocycles. The third kappa shape index (κ3) is 2.61. The molecule has 0 unspecified atom stereocenters. The molecule has 6 nitrogen and oxygen atoms in total. The summed E-state index contributed by atoms with van der Waals surface area (Å²) in [5.41, 5.74) is 5.66. The highest BCUT2D eigenvalue weighted by atomic mass is 19.2. The van der Waals surface area contributed by atoms with Gasteiger partial charge in [0.25, 0.3) is 0 Å². The Balaban J connectivity index is 2.17. The first-order chi connectivity index (χ1) is 11.0. The molecule has 0 aliphatic carbocycles. The van der Waals surface area contributed by atoms with E-state index in [1.54, 1.807) is 0 Å². The number of phenolic OH excluding ortho intramolecular Hbond substituents is 1. The Hall–Kier alpha value is -3.29. The zero-order valence-electron chi connectivity index (χ0n) is 11.5. The Morgan fingerprint density at radius 2 is 1.57 bits per heavy atom. The average Bonchev–Trinajstić information content (AvgIpc) is 2.54. The molecule has 116 valence electrons. The van der Waals surface area contributed by atoms with Crippen LogP contribution in [0.5, 0.6) is 11.5 Å². The first-order valence-electron chi connectivity index (χ1n) is 6.43. The molecule has 1 aromatic carbocycles. The lowest BCUT2D eigenvalue weighted by Crippen LogP contribution is -1.98. The number of phenols is 1. The molecule has 4 N–H and O–H groups in total. The second-order valence-electron chi connectivity index (χ2n) is 4.62. The second kappa shape index (κ2) is 5.48. The maximum absolute atomic E-state index is 14.0. The van der Waals surface area contributed by atoms with Gasteiger partial charge >= 0.3 is 0 Å². The van der Waals surface area contributed by atoms with E-state index < -0.39 is 17.4 Å². The van der Waals surface area contributed by atoms with Crippen molar-refractivity contribution in [3.05, 3.63) is 48.2 Å². The minimum atomic E-state index is -1.37. The van der Waals surface area contributed by atoms with Gasteiger partial charge in [-0.3, -0.25) is 0 Å². The highest BCUT2D eigenvalue weighted by Crippen LogP contribution is 2.32. The number of aromatic nitrogens is 3. The lowest BCUT2D eigenvalue weighted by Gasteiger charge is -2.08. The number of nitrogen functional groups attached to an aromatic ring is 1. The largest absolute Gasteiger partial charge is 0.506 e. The van der Waals surface area contributed by atoms with Crippen LogP contribution in [0.4, 0.5) is 14.7 Å². The third-order valence-electron chi connectivity index (χ3n) is 3.13. The number of nitrogens with zero attached hydrogens (tertiary/aromatic N) is 3. The van der Waals surface area contributed by atoms with Crippen LogP contribution in [0, 0.1) is 11.6 Å². The summed E-state index contributed by atoms with van der Waals surface area (Å²) >= 11 is 0. The van der Waals surface area contributed by atoms with E-state index >= 15 is 0 Å². The number of benzene rings is 1. The molecular formula is C15H10F2N4O2. The summed E-state index contributed by atoms with van der Waals surface area (Å²) in [5, 5.41) is 19.1. The lowest BCUT2D eigenvalue weighted by atomic mass is 10.1. The normalized spacial score (nSPS) is 10.7. The molecule has 23 heavy (non-hydrogen) atoms. The van der Waals surface area contributed by atoms with Gasteiger partial charge in [0.05, 0.1) is 11.4 Å². The zero-order valence-corrected chi connectivity index (χ0v) is 11.5. The van der Waals surface area contributed by atoms with Gasteiger partial charge in [0.1, 0.15) is 11.4 Å². The topological polar surface area (TPSA) is 105 Å². The smallest absolute Gasteiger partial charge is 0.220 e. The van der Waals surface area contributed by atoms with E-state index in [2.05, 4.69) is 15.0 Å². The van der Waals surface area contributed by atoms with Gasteiger partial charge in [0.2, 0.25) is 11.8 Å². The second-order valence-corrected chi connectivity index (χ2v) is 4.62. The van der Waals surface area contributed by atoms with E-state index in [0.29, 0.717) is 0 Å². The molecule has 3 rings (SSSR count). The van der Waals surface area contributed by atoms with Gasteiger partial charge in [-0.15, -0.1) is 0 Å². The summed E-state index contributed by atoms with van der Waals surface area (Å²) in [4.78, 5) is 11.8. The Bertz CT molecular complexity index is 903. The molecule has 0 bridgehead atoms. The van der Waals surface area contributed by atoms with Crippen LogP contribution in [0.2, 0.25) is 0 Å². The molecule has 0 amide bonds. The summed E-state index contributed by atoms with van der Waals surface area (Å²) in [6.45, 7) is 0. The van der Waals surface area contributed by atoms with Crippen LogP contribution in [0.15, 0.2) is 36.5 Å². The number of anilines is 1. The molecule has 8 heteroatoms. The molecule has 0 aliphatic rings. The van der Waals surface area contributed by atoms with Crippen molar-refractivity contribution < 1.29 is 19.0 Å². The van der Waals surface area contributed by atoms with Crippen LogP contribution in [-0.4, -0.2) is 25.2 Å². The van der Waals surface area contributed by atoms with Crippen LogP contribution in [0.1, 0.15) is 0 Å². The van der Waals surface area contributed by atoms with Crippen LogP contribution in [0.25, 0.3) is 22.6 Å². The van der Waals surface area contributed by atoms with Crippen molar-refractivity contribution in [3.63, 3.8) is 0 Å². The maximum atomic E-state index is 14.0. The molecule has 0 saturated heterocycles. The summed E-state index contributed by atoms with van der Waals surface area (Å²) in [6.07, 6.45) is 1.38. The van der Waals surface area contributed by atoms with Crippen molar-refractivity contribution in [2.24, 2.45) is 0 Å². The van der Waals surface area contributed by atoms with E-state index in [9.17, 15) is 19.0 Å². The fourth-order valence-electron chi connectivity index (χ4n) is 2.03. The number of hydrogen-bond donors (Lipinski definition) is 3. The predicted molar refractivity (Wildman–Crippen MR) is 78.4 cm³/mol. The standard InChI is InChI=1S/C15H10F2N4O2/c16-12-7(1-3-10(22)13(12)17)8-2-4-11(23)14(20-8)9-5-6-19-15(18)21-9/h1-6,22-23H,(H2,18,19,21). The predicted octanol–water partition coefficient (Wildman–Crippen LogP) is 2.48. The minimum Gasteiger partial charge on any atom is -0.506 e. The molecule has 0 saturated carbocycles. The van der Waals surface area contributed by atoms with Crippen molar-refractivity contribution in [2.75, 3.05) is 5.73 Å². The van der Waals surface area contributed by atoms with Crippen molar-refractivity contribution >= 4 is 5.95 Å². The molecule has 0 fully saturated rings. The molecule has 2 heterocycles. The van der Waals surface area contributed by atoms with Crippen molar-refractivity contribution in [1.82, 2.24) is 15.0 Å². The highest BCUT2D eigenvalue weighted by molar-refractivity contribution is 5.69. The van der Waals surface area contributed by atoms with Gasteiger partial charge in [0, 0.05) is 11.8 Å². The molecule has 0 spiro atoms. The number of halogens is 2. The number of rotatable bonds is 2. The van der Waals surface area contributed by atoms with Crippen LogP contribution in [0.3, 0.4) is 0 Å². The Labute approximate surface area is 128 Å². The van der Waals surface area contributed by atoms with E-state index in [-0.39, 0.29) is 34.3 Å². The van der Waals surface area contributed by atoms with Gasteiger partial charge in [-0.05, 0) is 30.3 Å². The number of aromatic hydroxyl groups is 2. The first kappa shape index (κ1) is 14.6. The molecule has 0 radical (unpaired) electrons. The van der Waals surface area contributed by atoms with E-state index in [1.807, 2.05) is 0 Å². The number of hydrogen-bond acceptors (Lipinski definition) is 6. The van der Waals surface area contributed by atoms with E-state index in [0.717, 1.165) is 6.07 Å². The summed E-state index contributed by atoms with van der Waals surface area (Å²) in [7, 11) is 0. The Kier molecular flexibility index (Phi) is 3.49. The van der Waals surface area contributed by atoms with Crippen molar-refractivity contribution in [2.45, 2.75) is 0 Å². The van der Waals surface area contributed by atoms with E-state index in [4.69, 9.17) is 5.73 Å². The average molecular weight is 316 g/mol. The monoisotopic (exact) mass is 316 g/mol. The van der Waals surface area contributed by atoms with E-state index in [1.165, 1.54) is 30.5 Å². The lowest BCUT2D eigenvalue weighted by molar-refractivity contribution is 0.408. The Morgan fingerprint density at radius 3 is 2.30 bits per heavy atom. The van der Waals surface area contributed by atoms with Crippen molar-refractivity contribution in [3.8, 4) is 34.1 Å². The SMILES string of the molecule is Nc1nccc(-c2nc(-c3ccc(O)c(F)c3F)ccc2O)n1. The van der Waals surface area contributed by atoms with Gasteiger partial charge in [-0.2, -0.15) is 4.39 Å². The van der Waals surface area contributed by atoms with Gasteiger partial charge in [-0.1, -0.05) is 0 Å². The fraction of sp³-hybridized carbons (Fsp3) is 0. The first-order valence-corrected chi connectivity index (χ1v) is 6.43. The number of pyridine rings is 1. The van der Waals surface area contributed by atoms with Gasteiger partial charge in [-0.25, -0.2) is 19.3 Å². The summed E-state index contributed by atoms with van der Waals surface area (Å²) in [5.74, 6) is -3.63. The quantitative estimate of drug-likeness (QED) is 0.671. The van der Waals surface area contributed by atoms with Crippen molar-refractivity contribution in [1.29, 1.82) is 0 Å². The fourth-order valence-corrected chi connectivity index (χ4v) is 2.03. The van der Waals surface area contributed by atoms with Gasteiger partial charge < -0.3 is 15.9 Å². The van der Waals surface area contributed by atoms with Crippen LogP contribution >= 0.6 is 0 Å². The van der Waals surface area contributed by atoms with Crippen LogP contribution < -0.4 is 5.73 Å².